The predicted molar refractivity (Wildman–Crippen MR) is 122 cm³/mol. The van der Waals surface area contributed by atoms with Crippen molar-refractivity contribution < 1.29 is 4.79 Å². The van der Waals surface area contributed by atoms with Crippen molar-refractivity contribution in [3.8, 4) is 0 Å². The molecule has 0 bridgehead atoms. The first-order chi connectivity index (χ1) is 12.7. The number of aryl methyl sites for hydroxylation is 1. The van der Waals surface area contributed by atoms with Crippen LogP contribution in [0.2, 0.25) is 0 Å². The molecule has 144 valence electrons. The fourth-order valence-electron chi connectivity index (χ4n) is 3.38. The van der Waals surface area contributed by atoms with Gasteiger partial charge in [-0.05, 0) is 29.2 Å². The highest BCUT2D eigenvalue weighted by Crippen LogP contribution is 2.31. The molecule has 6 heteroatoms. The number of anilines is 1. The van der Waals surface area contributed by atoms with Crippen molar-refractivity contribution in [1.29, 1.82) is 0 Å². The van der Waals surface area contributed by atoms with E-state index in [4.69, 9.17) is 0 Å². The molecule has 0 saturated carbocycles. The minimum Gasteiger partial charge on any atom is -0.356 e. The molecular weight excluding hydrogens is 451 g/mol. The number of benzene rings is 2. The van der Waals surface area contributed by atoms with Crippen molar-refractivity contribution >= 4 is 41.5 Å². The maximum atomic E-state index is 11.9. The fourth-order valence-corrected chi connectivity index (χ4v) is 3.38. The van der Waals surface area contributed by atoms with Gasteiger partial charge < -0.3 is 16.0 Å². The van der Waals surface area contributed by atoms with E-state index in [2.05, 4.69) is 58.2 Å². The Kier molecular flexibility index (Phi) is 8.09. The lowest BCUT2D eigenvalue weighted by molar-refractivity contribution is -0.116. The lowest BCUT2D eigenvalue weighted by atomic mass is 9.90. The number of amides is 1. The van der Waals surface area contributed by atoms with Crippen LogP contribution in [0.5, 0.6) is 0 Å². The molecule has 3 N–H and O–H groups in total. The van der Waals surface area contributed by atoms with Gasteiger partial charge in [0.15, 0.2) is 5.96 Å². The van der Waals surface area contributed by atoms with E-state index in [1.165, 1.54) is 16.7 Å². The van der Waals surface area contributed by atoms with Gasteiger partial charge in [-0.2, -0.15) is 0 Å². The van der Waals surface area contributed by atoms with Crippen LogP contribution in [0.1, 0.15) is 36.0 Å². The van der Waals surface area contributed by atoms with Crippen molar-refractivity contribution in [3.63, 3.8) is 0 Å². The second-order valence-electron chi connectivity index (χ2n) is 6.47. The van der Waals surface area contributed by atoms with Crippen molar-refractivity contribution in [3.05, 3.63) is 65.2 Å². The molecule has 1 heterocycles. The Balaban J connectivity index is 0.00000261. The zero-order valence-electron chi connectivity index (χ0n) is 15.8. The van der Waals surface area contributed by atoms with Crippen LogP contribution in [0.15, 0.2) is 53.5 Å². The molecule has 1 aliphatic heterocycles. The van der Waals surface area contributed by atoms with E-state index < -0.39 is 0 Å². The highest BCUT2D eigenvalue weighted by atomic mass is 127. The minimum atomic E-state index is 0. The Morgan fingerprint density at radius 3 is 2.56 bits per heavy atom. The Hall–Kier alpha value is -2.09. The number of nitrogens with one attached hydrogen (secondary N) is 3. The molecule has 1 atom stereocenters. The van der Waals surface area contributed by atoms with Gasteiger partial charge >= 0.3 is 0 Å². The zero-order valence-corrected chi connectivity index (χ0v) is 18.1. The maximum absolute atomic E-state index is 11.9. The average Bonchev–Trinajstić information content (AvgIpc) is 2.68. The summed E-state index contributed by atoms with van der Waals surface area (Å²) in [6, 6.07) is 16.4. The summed E-state index contributed by atoms with van der Waals surface area (Å²) in [5.41, 5.74) is 4.70. The van der Waals surface area contributed by atoms with Crippen LogP contribution in [-0.2, 0) is 17.8 Å². The quantitative estimate of drug-likeness (QED) is 0.349. The van der Waals surface area contributed by atoms with Gasteiger partial charge in [0.05, 0.1) is 0 Å². The molecule has 0 aliphatic carbocycles. The summed E-state index contributed by atoms with van der Waals surface area (Å²) < 4.78 is 0. The molecule has 0 fully saturated rings. The van der Waals surface area contributed by atoms with Gasteiger partial charge in [0.1, 0.15) is 0 Å². The molecule has 1 aliphatic rings. The molecule has 3 rings (SSSR count). The summed E-state index contributed by atoms with van der Waals surface area (Å²) in [7, 11) is 1.77. The number of nitrogens with zero attached hydrogens (tertiary/aromatic N) is 1. The SMILES string of the molecule is CCc1ccccc1CNC(=NC)NCC1CC(=O)Nc2ccccc21.I. The van der Waals surface area contributed by atoms with Gasteiger partial charge in [-0.25, -0.2) is 0 Å². The zero-order chi connectivity index (χ0) is 18.4. The summed E-state index contributed by atoms with van der Waals surface area (Å²) in [5.74, 6) is 0.955. The molecular formula is C21H27IN4O. The van der Waals surface area contributed by atoms with E-state index >= 15 is 0 Å². The largest absolute Gasteiger partial charge is 0.356 e. The van der Waals surface area contributed by atoms with Gasteiger partial charge in [0, 0.05) is 38.2 Å². The number of guanidine groups is 1. The normalized spacial score (nSPS) is 16.0. The van der Waals surface area contributed by atoms with E-state index in [1.807, 2.05) is 18.2 Å². The summed E-state index contributed by atoms with van der Waals surface area (Å²) in [5, 5.41) is 9.68. The number of carbonyl (C=O) groups is 1. The monoisotopic (exact) mass is 478 g/mol. The minimum absolute atomic E-state index is 0. The van der Waals surface area contributed by atoms with Gasteiger partial charge in [-0.15, -0.1) is 24.0 Å². The Morgan fingerprint density at radius 1 is 1.11 bits per heavy atom. The molecule has 0 aromatic heterocycles. The first-order valence-electron chi connectivity index (χ1n) is 9.11. The molecule has 0 saturated heterocycles. The number of para-hydroxylation sites is 1. The van der Waals surface area contributed by atoms with Crippen LogP contribution in [-0.4, -0.2) is 25.5 Å². The second kappa shape index (κ2) is 10.3. The van der Waals surface area contributed by atoms with Crippen LogP contribution in [0, 0.1) is 0 Å². The molecule has 0 spiro atoms. The van der Waals surface area contributed by atoms with Crippen molar-refractivity contribution in [2.45, 2.75) is 32.2 Å². The fraction of sp³-hybridized carbons (Fsp3) is 0.333. The van der Waals surface area contributed by atoms with Crippen molar-refractivity contribution in [2.75, 3.05) is 18.9 Å². The van der Waals surface area contributed by atoms with Crippen LogP contribution in [0.4, 0.5) is 5.69 Å². The molecule has 0 radical (unpaired) electrons. The number of rotatable bonds is 5. The lowest BCUT2D eigenvalue weighted by Gasteiger charge is -2.26. The molecule has 2 aromatic carbocycles. The van der Waals surface area contributed by atoms with Gasteiger partial charge in [-0.1, -0.05) is 49.4 Å². The van der Waals surface area contributed by atoms with Crippen LogP contribution >= 0.6 is 24.0 Å². The van der Waals surface area contributed by atoms with Crippen LogP contribution in [0.25, 0.3) is 0 Å². The van der Waals surface area contributed by atoms with Gasteiger partial charge in [0.2, 0.25) is 5.91 Å². The number of halogens is 1. The standard InChI is InChI=1S/C21H26N4O.HI/c1-3-15-8-4-5-9-16(15)13-23-21(22-2)24-14-17-12-20(26)25-19-11-7-6-10-18(17)19;/h4-11,17H,3,12-14H2,1-2H3,(H,25,26)(H2,22,23,24);1H. The number of aliphatic imine (C=N–C) groups is 1. The summed E-state index contributed by atoms with van der Waals surface area (Å²) in [6.07, 6.45) is 1.50. The number of carbonyl (C=O) groups excluding carboxylic acids is 1. The Labute approximate surface area is 178 Å². The Bertz CT molecular complexity index is 806. The number of fused-ring (bicyclic) bond motifs is 1. The third-order valence-corrected chi connectivity index (χ3v) is 4.79. The third-order valence-electron chi connectivity index (χ3n) is 4.79. The Morgan fingerprint density at radius 2 is 1.81 bits per heavy atom. The average molecular weight is 478 g/mol. The highest BCUT2D eigenvalue weighted by molar-refractivity contribution is 14.0. The van der Waals surface area contributed by atoms with Crippen LogP contribution in [0.3, 0.4) is 0 Å². The second-order valence-corrected chi connectivity index (χ2v) is 6.47. The maximum Gasteiger partial charge on any atom is 0.225 e. The van der Waals surface area contributed by atoms with Gasteiger partial charge in [0.25, 0.3) is 0 Å². The van der Waals surface area contributed by atoms with Gasteiger partial charge in [-0.3, -0.25) is 9.79 Å². The van der Waals surface area contributed by atoms with E-state index in [-0.39, 0.29) is 35.8 Å². The lowest BCUT2D eigenvalue weighted by Crippen LogP contribution is -2.40. The summed E-state index contributed by atoms with van der Waals surface area (Å²) >= 11 is 0. The van der Waals surface area contributed by atoms with E-state index in [9.17, 15) is 4.79 Å². The molecule has 5 nitrogen and oxygen atoms in total. The smallest absolute Gasteiger partial charge is 0.225 e. The number of hydrogen-bond acceptors (Lipinski definition) is 2. The van der Waals surface area contributed by atoms with E-state index in [0.29, 0.717) is 13.0 Å². The summed E-state index contributed by atoms with van der Waals surface area (Å²) in [6.45, 7) is 3.56. The molecule has 27 heavy (non-hydrogen) atoms. The highest BCUT2D eigenvalue weighted by Gasteiger charge is 2.24. The van der Waals surface area contributed by atoms with E-state index in [1.54, 1.807) is 7.05 Å². The third kappa shape index (κ3) is 5.45. The first-order valence-corrected chi connectivity index (χ1v) is 9.11. The topological polar surface area (TPSA) is 65.5 Å². The van der Waals surface area contributed by atoms with Crippen molar-refractivity contribution in [1.82, 2.24) is 10.6 Å². The van der Waals surface area contributed by atoms with Crippen molar-refractivity contribution in [2.24, 2.45) is 4.99 Å². The molecule has 1 amide bonds. The molecule has 1 unspecified atom stereocenters. The molecule has 2 aromatic rings. The van der Waals surface area contributed by atoms with E-state index in [0.717, 1.165) is 24.6 Å². The predicted octanol–water partition coefficient (Wildman–Crippen LogP) is 3.66. The first kappa shape index (κ1) is 21.2. The van der Waals surface area contributed by atoms with Crippen LogP contribution < -0.4 is 16.0 Å². The number of hydrogen-bond donors (Lipinski definition) is 3. The summed E-state index contributed by atoms with van der Waals surface area (Å²) in [4.78, 5) is 16.3.